The van der Waals surface area contributed by atoms with Gasteiger partial charge in [0.15, 0.2) is 5.82 Å². The van der Waals surface area contributed by atoms with Gasteiger partial charge in [-0.1, -0.05) is 0 Å². The molecule has 2 heterocycles. The molecule has 2 aromatic heterocycles. The Morgan fingerprint density at radius 2 is 2.00 bits per heavy atom. The topological polar surface area (TPSA) is 94.1 Å². The lowest BCUT2D eigenvalue weighted by molar-refractivity contribution is 0.520. The highest BCUT2D eigenvalue weighted by Gasteiger charge is 2.17. The second kappa shape index (κ2) is 4.39. The number of hydrogen-bond acceptors (Lipinski definition) is 5. The number of nitrogens with two attached hydrogens (primary N) is 1. The van der Waals surface area contributed by atoms with Gasteiger partial charge in [-0.05, 0) is 12.1 Å². The lowest BCUT2D eigenvalue weighted by Crippen LogP contribution is -2.22. The van der Waals surface area contributed by atoms with Crippen molar-refractivity contribution in [1.82, 2.24) is 19.1 Å². The second-order valence-electron chi connectivity index (χ2n) is 3.86. The van der Waals surface area contributed by atoms with Gasteiger partial charge in [-0.25, -0.2) is 22.4 Å². The zero-order chi connectivity index (χ0) is 13.3. The normalized spacial score (nSPS) is 11.9. The van der Waals surface area contributed by atoms with Gasteiger partial charge >= 0.3 is 0 Å². The lowest BCUT2D eigenvalue weighted by Gasteiger charge is -2.11. The molecule has 0 amide bonds. The van der Waals surface area contributed by atoms with Gasteiger partial charge in [0, 0.05) is 20.3 Å². The van der Waals surface area contributed by atoms with Gasteiger partial charge in [-0.3, -0.25) is 0 Å². The maximum absolute atomic E-state index is 11.8. The van der Waals surface area contributed by atoms with Crippen LogP contribution in [0.2, 0.25) is 0 Å². The largest absolute Gasteiger partial charge is 0.396 e. The van der Waals surface area contributed by atoms with E-state index in [1.165, 1.54) is 37.2 Å². The van der Waals surface area contributed by atoms with Gasteiger partial charge in [-0.15, -0.1) is 0 Å². The SMILES string of the molecule is CN(C)S(=O)(=O)c1ccc(-n2cc(N)cn2)nc1. The molecule has 0 spiro atoms. The minimum Gasteiger partial charge on any atom is -0.396 e. The van der Waals surface area contributed by atoms with Crippen molar-refractivity contribution in [2.24, 2.45) is 0 Å². The van der Waals surface area contributed by atoms with Crippen LogP contribution in [0.4, 0.5) is 5.69 Å². The monoisotopic (exact) mass is 267 g/mol. The number of pyridine rings is 1. The summed E-state index contributed by atoms with van der Waals surface area (Å²) >= 11 is 0. The van der Waals surface area contributed by atoms with E-state index in [4.69, 9.17) is 5.73 Å². The van der Waals surface area contributed by atoms with E-state index < -0.39 is 10.0 Å². The highest BCUT2D eigenvalue weighted by atomic mass is 32.2. The molecule has 18 heavy (non-hydrogen) atoms. The van der Waals surface area contributed by atoms with Crippen molar-refractivity contribution in [2.75, 3.05) is 19.8 Å². The van der Waals surface area contributed by atoms with Crippen LogP contribution in [0.15, 0.2) is 35.6 Å². The third kappa shape index (κ3) is 2.20. The Labute approximate surface area is 105 Å². The van der Waals surface area contributed by atoms with E-state index in [1.54, 1.807) is 12.3 Å². The van der Waals surface area contributed by atoms with Gasteiger partial charge in [0.1, 0.15) is 4.90 Å². The summed E-state index contributed by atoms with van der Waals surface area (Å²) in [5.41, 5.74) is 6.06. The zero-order valence-corrected chi connectivity index (χ0v) is 10.8. The number of rotatable bonds is 3. The molecule has 0 bridgehead atoms. The van der Waals surface area contributed by atoms with Crippen molar-refractivity contribution in [3.05, 3.63) is 30.7 Å². The quantitative estimate of drug-likeness (QED) is 0.851. The summed E-state index contributed by atoms with van der Waals surface area (Å²) in [6, 6.07) is 3.05. The van der Waals surface area contributed by atoms with E-state index in [9.17, 15) is 8.42 Å². The van der Waals surface area contributed by atoms with E-state index in [0.717, 1.165) is 4.31 Å². The van der Waals surface area contributed by atoms with E-state index in [-0.39, 0.29) is 4.90 Å². The van der Waals surface area contributed by atoms with Crippen molar-refractivity contribution in [3.8, 4) is 5.82 Å². The predicted molar refractivity (Wildman–Crippen MR) is 66.6 cm³/mol. The third-order valence-corrected chi connectivity index (χ3v) is 4.14. The predicted octanol–water partition coefficient (Wildman–Crippen LogP) is 0.0998. The first-order valence-corrected chi connectivity index (χ1v) is 6.54. The fraction of sp³-hybridized carbons (Fsp3) is 0.200. The fourth-order valence-electron chi connectivity index (χ4n) is 1.33. The van der Waals surface area contributed by atoms with Crippen LogP contribution in [0.3, 0.4) is 0 Å². The summed E-state index contributed by atoms with van der Waals surface area (Å²) in [4.78, 5) is 4.19. The van der Waals surface area contributed by atoms with Crippen LogP contribution in [0, 0.1) is 0 Å². The second-order valence-corrected chi connectivity index (χ2v) is 6.01. The summed E-state index contributed by atoms with van der Waals surface area (Å²) in [5.74, 6) is 0.504. The minimum atomic E-state index is -3.45. The van der Waals surface area contributed by atoms with Crippen LogP contribution >= 0.6 is 0 Å². The molecule has 2 aromatic rings. The first-order valence-electron chi connectivity index (χ1n) is 5.10. The van der Waals surface area contributed by atoms with Gasteiger partial charge < -0.3 is 5.73 Å². The fourth-order valence-corrected chi connectivity index (χ4v) is 2.18. The molecular weight excluding hydrogens is 254 g/mol. The maximum atomic E-state index is 11.8. The Balaban J connectivity index is 2.37. The Morgan fingerprint density at radius 1 is 1.28 bits per heavy atom. The lowest BCUT2D eigenvalue weighted by atomic mass is 10.4. The summed E-state index contributed by atoms with van der Waals surface area (Å²) in [6.45, 7) is 0. The standard InChI is InChI=1S/C10H13N5O2S/c1-14(2)18(16,17)9-3-4-10(12-6-9)15-7-8(11)5-13-15/h3-7H,11H2,1-2H3. The number of sulfonamides is 1. The molecule has 0 aliphatic carbocycles. The Morgan fingerprint density at radius 3 is 2.44 bits per heavy atom. The van der Waals surface area contributed by atoms with Crippen LogP contribution in [-0.2, 0) is 10.0 Å². The highest BCUT2D eigenvalue weighted by Crippen LogP contribution is 2.14. The summed E-state index contributed by atoms with van der Waals surface area (Å²) in [5, 5.41) is 3.98. The van der Waals surface area contributed by atoms with Crippen LogP contribution in [0.25, 0.3) is 5.82 Å². The Bertz CT molecular complexity index is 645. The number of nitrogens with zero attached hydrogens (tertiary/aromatic N) is 4. The third-order valence-electron chi connectivity index (χ3n) is 2.34. The van der Waals surface area contributed by atoms with Crippen LogP contribution in [0.5, 0.6) is 0 Å². The van der Waals surface area contributed by atoms with Crippen molar-refractivity contribution < 1.29 is 8.42 Å². The molecule has 7 nitrogen and oxygen atoms in total. The molecule has 96 valence electrons. The van der Waals surface area contributed by atoms with E-state index in [2.05, 4.69) is 10.1 Å². The van der Waals surface area contributed by atoms with Crippen molar-refractivity contribution in [3.63, 3.8) is 0 Å². The Hall–Kier alpha value is -1.93. The van der Waals surface area contributed by atoms with Crippen molar-refractivity contribution in [1.29, 1.82) is 0 Å². The van der Waals surface area contributed by atoms with E-state index >= 15 is 0 Å². The molecule has 0 aliphatic heterocycles. The number of hydrogen-bond donors (Lipinski definition) is 1. The van der Waals surface area contributed by atoms with Crippen LogP contribution in [0.1, 0.15) is 0 Å². The number of anilines is 1. The average molecular weight is 267 g/mol. The molecule has 2 rings (SSSR count). The Kier molecular flexibility index (Phi) is 3.05. The summed E-state index contributed by atoms with van der Waals surface area (Å²) in [7, 11) is -0.515. The highest BCUT2D eigenvalue weighted by molar-refractivity contribution is 7.89. The molecule has 8 heteroatoms. The number of nitrogen functional groups attached to an aromatic ring is 1. The molecule has 0 fully saturated rings. The molecule has 2 N–H and O–H groups in total. The van der Waals surface area contributed by atoms with Crippen LogP contribution < -0.4 is 5.73 Å². The molecular formula is C10H13N5O2S. The van der Waals surface area contributed by atoms with Crippen LogP contribution in [-0.4, -0.2) is 41.6 Å². The molecule has 0 unspecified atom stereocenters. The van der Waals surface area contributed by atoms with Gasteiger partial charge in [0.2, 0.25) is 10.0 Å². The van der Waals surface area contributed by atoms with E-state index in [0.29, 0.717) is 11.5 Å². The van der Waals surface area contributed by atoms with Gasteiger partial charge in [0.25, 0.3) is 0 Å². The summed E-state index contributed by atoms with van der Waals surface area (Å²) in [6.07, 6.45) is 4.39. The molecule has 0 saturated heterocycles. The number of aromatic nitrogens is 3. The first-order chi connectivity index (χ1) is 8.41. The van der Waals surface area contributed by atoms with E-state index in [1.807, 2.05) is 0 Å². The van der Waals surface area contributed by atoms with Gasteiger partial charge in [-0.2, -0.15) is 5.10 Å². The molecule has 0 radical (unpaired) electrons. The maximum Gasteiger partial charge on any atom is 0.244 e. The van der Waals surface area contributed by atoms with Crippen molar-refractivity contribution >= 4 is 15.7 Å². The zero-order valence-electron chi connectivity index (χ0n) is 9.98. The summed E-state index contributed by atoms with van der Waals surface area (Å²) < 4.78 is 26.3. The molecule has 0 saturated carbocycles. The first kappa shape index (κ1) is 12.5. The minimum absolute atomic E-state index is 0.136. The molecule has 0 atom stereocenters. The smallest absolute Gasteiger partial charge is 0.244 e. The van der Waals surface area contributed by atoms with Gasteiger partial charge in [0.05, 0.1) is 18.1 Å². The molecule has 0 aliphatic rings. The molecule has 0 aromatic carbocycles. The average Bonchev–Trinajstić information content (AvgIpc) is 2.76. The van der Waals surface area contributed by atoms with Crippen molar-refractivity contribution in [2.45, 2.75) is 4.90 Å².